The lowest BCUT2D eigenvalue weighted by Gasteiger charge is -2.22. The lowest BCUT2D eigenvalue weighted by atomic mass is 9.93. The minimum absolute atomic E-state index is 0.0427. The molecule has 0 saturated carbocycles. The molecule has 0 saturated heterocycles. The van der Waals surface area contributed by atoms with E-state index in [1.807, 2.05) is 13.8 Å². The second-order valence-electron chi connectivity index (χ2n) is 6.80. The molecule has 1 amide bonds. The normalized spacial score (nSPS) is 17.3. The Morgan fingerprint density at radius 1 is 1.24 bits per heavy atom. The van der Waals surface area contributed by atoms with E-state index in [2.05, 4.69) is 31.1 Å². The summed E-state index contributed by atoms with van der Waals surface area (Å²) in [4.78, 5) is 14.3. The Labute approximate surface area is 131 Å². The fourth-order valence-electron chi connectivity index (χ4n) is 2.61. The number of likely N-dealkylation sites (N-methyl/N-ethyl adjacent to an activating group) is 1. The molecule has 21 heavy (non-hydrogen) atoms. The molecule has 0 heterocycles. The third-order valence-corrected chi connectivity index (χ3v) is 4.19. The maximum absolute atomic E-state index is 12.0. The Balaban J connectivity index is 3.87. The Bertz CT molecular complexity index is 282. The molecule has 0 aliphatic carbocycles. The number of carbonyl (C=O) groups excluding carboxylic acids is 1. The zero-order valence-electron chi connectivity index (χ0n) is 14.9. The summed E-state index contributed by atoms with van der Waals surface area (Å²) in [6.07, 6.45) is 2.86. The van der Waals surface area contributed by atoms with Gasteiger partial charge < -0.3 is 15.3 Å². The van der Waals surface area contributed by atoms with Crippen molar-refractivity contribution in [1.29, 1.82) is 0 Å². The number of nitrogens with one attached hydrogen (secondary N) is 1. The smallest absolute Gasteiger partial charge is 0.222 e. The molecular weight excluding hydrogens is 264 g/mol. The monoisotopic (exact) mass is 300 g/mol. The minimum Gasteiger partial charge on any atom is -0.393 e. The van der Waals surface area contributed by atoms with Crippen LogP contribution in [0.15, 0.2) is 0 Å². The van der Waals surface area contributed by atoms with Crippen LogP contribution in [0.2, 0.25) is 0 Å². The van der Waals surface area contributed by atoms with Gasteiger partial charge in [0.15, 0.2) is 0 Å². The van der Waals surface area contributed by atoms with Gasteiger partial charge in [-0.15, -0.1) is 0 Å². The van der Waals surface area contributed by atoms with Gasteiger partial charge in [0, 0.05) is 25.6 Å². The number of rotatable bonds is 11. The number of hydrogen-bond acceptors (Lipinski definition) is 3. The first-order valence-corrected chi connectivity index (χ1v) is 8.42. The molecular formula is C17H36N2O2. The van der Waals surface area contributed by atoms with Gasteiger partial charge >= 0.3 is 0 Å². The Kier molecular flexibility index (Phi) is 10.7. The van der Waals surface area contributed by atoms with E-state index < -0.39 is 0 Å². The molecule has 126 valence electrons. The van der Waals surface area contributed by atoms with Crippen LogP contribution in [-0.2, 0) is 4.79 Å². The van der Waals surface area contributed by atoms with Gasteiger partial charge in [0.2, 0.25) is 5.91 Å². The molecule has 4 nitrogen and oxygen atoms in total. The van der Waals surface area contributed by atoms with E-state index in [0.29, 0.717) is 12.5 Å². The molecule has 0 aromatic heterocycles. The van der Waals surface area contributed by atoms with Crippen LogP contribution >= 0.6 is 0 Å². The van der Waals surface area contributed by atoms with Crippen molar-refractivity contribution in [3.63, 3.8) is 0 Å². The summed E-state index contributed by atoms with van der Waals surface area (Å²) in [5.74, 6) is 0.918. The van der Waals surface area contributed by atoms with Gasteiger partial charge in [0.1, 0.15) is 0 Å². The second kappa shape index (κ2) is 11.0. The van der Waals surface area contributed by atoms with E-state index in [4.69, 9.17) is 0 Å². The Morgan fingerprint density at radius 2 is 1.86 bits per heavy atom. The summed E-state index contributed by atoms with van der Waals surface area (Å²) in [6.45, 7) is 12.9. The minimum atomic E-state index is -0.355. The highest BCUT2D eigenvalue weighted by molar-refractivity contribution is 5.78. The molecule has 0 rings (SSSR count). The molecule has 4 heteroatoms. The summed E-state index contributed by atoms with van der Waals surface area (Å²) >= 11 is 0. The van der Waals surface area contributed by atoms with Crippen molar-refractivity contribution in [3.8, 4) is 0 Å². The van der Waals surface area contributed by atoms with Crippen LogP contribution in [0.3, 0.4) is 0 Å². The highest BCUT2D eigenvalue weighted by Gasteiger charge is 2.18. The van der Waals surface area contributed by atoms with E-state index in [9.17, 15) is 9.90 Å². The van der Waals surface area contributed by atoms with Crippen LogP contribution in [0.5, 0.6) is 0 Å². The van der Waals surface area contributed by atoms with Crippen LogP contribution in [0.4, 0.5) is 0 Å². The largest absolute Gasteiger partial charge is 0.393 e. The summed E-state index contributed by atoms with van der Waals surface area (Å²) in [6, 6.07) is 0. The fraction of sp³-hybridized carbons (Fsp3) is 0.941. The zero-order chi connectivity index (χ0) is 16.4. The number of amides is 1. The number of aliphatic hydroxyl groups excluding tert-OH is 1. The lowest BCUT2D eigenvalue weighted by molar-refractivity contribution is -0.125. The van der Waals surface area contributed by atoms with Gasteiger partial charge in [0.05, 0.1) is 6.10 Å². The molecule has 4 atom stereocenters. The predicted octanol–water partition coefficient (Wildman–Crippen LogP) is 2.51. The van der Waals surface area contributed by atoms with Crippen molar-refractivity contribution in [2.45, 2.75) is 60.0 Å². The van der Waals surface area contributed by atoms with Crippen molar-refractivity contribution in [1.82, 2.24) is 10.2 Å². The summed E-state index contributed by atoms with van der Waals surface area (Å²) in [7, 11) is 2.11. The average Bonchev–Trinajstić information content (AvgIpc) is 2.38. The first kappa shape index (κ1) is 20.4. The standard InChI is InChI=1S/C17H36N2O2/c1-7-8-13(2)12-19(6)10-9-18-17(21)15(4)11-14(3)16(5)20/h13-16,20H,7-12H2,1-6H3,(H,18,21)/t13-,14+,15?,16-/m1/s1. The number of carbonyl (C=O) groups is 1. The molecule has 0 radical (unpaired) electrons. The van der Waals surface area contributed by atoms with Gasteiger partial charge in [-0.1, -0.05) is 34.1 Å². The molecule has 1 unspecified atom stereocenters. The van der Waals surface area contributed by atoms with Crippen LogP contribution in [0.25, 0.3) is 0 Å². The van der Waals surface area contributed by atoms with E-state index in [1.54, 1.807) is 6.92 Å². The Morgan fingerprint density at radius 3 is 2.38 bits per heavy atom. The van der Waals surface area contributed by atoms with E-state index in [-0.39, 0.29) is 23.8 Å². The first-order valence-electron chi connectivity index (χ1n) is 8.42. The van der Waals surface area contributed by atoms with E-state index >= 15 is 0 Å². The molecule has 2 N–H and O–H groups in total. The van der Waals surface area contributed by atoms with E-state index in [1.165, 1.54) is 12.8 Å². The van der Waals surface area contributed by atoms with Crippen molar-refractivity contribution in [2.75, 3.05) is 26.7 Å². The van der Waals surface area contributed by atoms with Gasteiger partial charge in [-0.25, -0.2) is 0 Å². The SMILES string of the molecule is CCC[C@@H](C)CN(C)CCNC(=O)C(C)C[C@H](C)[C@@H](C)O. The summed E-state index contributed by atoms with van der Waals surface area (Å²) in [5.41, 5.74) is 0. The van der Waals surface area contributed by atoms with Crippen LogP contribution in [0.1, 0.15) is 53.9 Å². The molecule has 0 bridgehead atoms. The molecule has 0 aliphatic heterocycles. The average molecular weight is 300 g/mol. The maximum atomic E-state index is 12.0. The van der Waals surface area contributed by atoms with Gasteiger partial charge in [-0.05, 0) is 38.6 Å². The van der Waals surface area contributed by atoms with Crippen molar-refractivity contribution in [3.05, 3.63) is 0 Å². The Hall–Kier alpha value is -0.610. The van der Waals surface area contributed by atoms with Gasteiger partial charge in [-0.3, -0.25) is 4.79 Å². The maximum Gasteiger partial charge on any atom is 0.222 e. The van der Waals surface area contributed by atoms with E-state index in [0.717, 1.165) is 19.5 Å². The van der Waals surface area contributed by atoms with Crippen LogP contribution < -0.4 is 5.32 Å². The van der Waals surface area contributed by atoms with Crippen molar-refractivity contribution >= 4 is 5.91 Å². The topological polar surface area (TPSA) is 52.6 Å². The number of nitrogens with zero attached hydrogens (tertiary/aromatic N) is 1. The molecule has 0 spiro atoms. The van der Waals surface area contributed by atoms with Crippen LogP contribution in [0, 0.1) is 17.8 Å². The van der Waals surface area contributed by atoms with Crippen molar-refractivity contribution < 1.29 is 9.90 Å². The zero-order valence-corrected chi connectivity index (χ0v) is 14.9. The van der Waals surface area contributed by atoms with Crippen molar-refractivity contribution in [2.24, 2.45) is 17.8 Å². The lowest BCUT2D eigenvalue weighted by Crippen LogP contribution is -2.37. The summed E-state index contributed by atoms with van der Waals surface area (Å²) in [5, 5.41) is 12.5. The first-order chi connectivity index (χ1) is 9.77. The highest BCUT2D eigenvalue weighted by atomic mass is 16.3. The molecule has 0 aliphatic rings. The second-order valence-corrected chi connectivity index (χ2v) is 6.80. The van der Waals surface area contributed by atoms with Gasteiger partial charge in [-0.2, -0.15) is 0 Å². The van der Waals surface area contributed by atoms with Gasteiger partial charge in [0.25, 0.3) is 0 Å². The molecule has 0 fully saturated rings. The highest BCUT2D eigenvalue weighted by Crippen LogP contribution is 2.15. The number of hydrogen-bond donors (Lipinski definition) is 2. The number of aliphatic hydroxyl groups is 1. The quantitative estimate of drug-likeness (QED) is 0.616. The molecule has 0 aromatic rings. The molecule has 0 aromatic carbocycles. The predicted molar refractivity (Wildman–Crippen MR) is 89.2 cm³/mol. The summed E-state index contributed by atoms with van der Waals surface area (Å²) < 4.78 is 0. The fourth-order valence-corrected chi connectivity index (χ4v) is 2.61. The third-order valence-electron chi connectivity index (χ3n) is 4.19. The third kappa shape index (κ3) is 9.86. The van der Waals surface area contributed by atoms with Crippen LogP contribution in [-0.4, -0.2) is 48.7 Å².